The van der Waals surface area contributed by atoms with Crippen molar-refractivity contribution in [2.24, 2.45) is 0 Å². The van der Waals surface area contributed by atoms with Gasteiger partial charge in [0.15, 0.2) is 19.8 Å². The number of rotatable bonds is 6. The molecular formula is C10H11F3O6. The summed E-state index contributed by atoms with van der Waals surface area (Å²) in [5, 5.41) is 0. The van der Waals surface area contributed by atoms with Crippen molar-refractivity contribution in [3.8, 4) is 0 Å². The molecule has 0 heterocycles. The van der Waals surface area contributed by atoms with Gasteiger partial charge in [0, 0.05) is 5.57 Å². The maximum absolute atomic E-state index is 11.6. The highest BCUT2D eigenvalue weighted by molar-refractivity contribution is 5.88. The summed E-state index contributed by atoms with van der Waals surface area (Å²) in [5.74, 6) is -3.30. The molecule has 6 nitrogen and oxygen atoms in total. The fourth-order valence-corrected chi connectivity index (χ4v) is 0.633. The Morgan fingerprint density at radius 3 is 1.95 bits per heavy atom. The molecule has 0 aliphatic heterocycles. The van der Waals surface area contributed by atoms with Crippen LogP contribution in [0.1, 0.15) is 6.92 Å². The molecule has 19 heavy (non-hydrogen) atoms. The van der Waals surface area contributed by atoms with Gasteiger partial charge in [-0.3, -0.25) is 0 Å². The smallest absolute Gasteiger partial charge is 0.422 e. The molecule has 0 saturated carbocycles. The molecule has 0 aromatic rings. The minimum Gasteiger partial charge on any atom is -0.454 e. The van der Waals surface area contributed by atoms with Gasteiger partial charge in [-0.1, -0.05) is 6.58 Å². The molecule has 0 unspecified atom stereocenters. The summed E-state index contributed by atoms with van der Waals surface area (Å²) >= 11 is 0. The van der Waals surface area contributed by atoms with Crippen molar-refractivity contribution in [1.29, 1.82) is 0 Å². The van der Waals surface area contributed by atoms with Crippen molar-refractivity contribution in [2.75, 3.05) is 19.8 Å². The van der Waals surface area contributed by atoms with E-state index >= 15 is 0 Å². The molecule has 0 aliphatic rings. The van der Waals surface area contributed by atoms with Crippen LogP contribution >= 0.6 is 0 Å². The lowest BCUT2D eigenvalue weighted by Crippen LogP contribution is -2.25. The second-order valence-corrected chi connectivity index (χ2v) is 3.29. The van der Waals surface area contributed by atoms with Crippen molar-refractivity contribution >= 4 is 17.9 Å². The van der Waals surface area contributed by atoms with Crippen LogP contribution in [0, 0.1) is 0 Å². The molecular weight excluding hydrogens is 273 g/mol. The maximum atomic E-state index is 11.6. The summed E-state index contributed by atoms with van der Waals surface area (Å²) < 4.78 is 47.3. The monoisotopic (exact) mass is 284 g/mol. The SMILES string of the molecule is C=C(C)C(=O)OCC(=O)OCC(=O)OCC(F)(F)F. The Labute approximate surface area is 106 Å². The molecule has 0 spiro atoms. The van der Waals surface area contributed by atoms with Gasteiger partial charge in [0.25, 0.3) is 0 Å². The van der Waals surface area contributed by atoms with Crippen LogP contribution in [0.5, 0.6) is 0 Å². The normalized spacial score (nSPS) is 10.5. The standard InChI is InChI=1S/C10H11F3O6/c1-6(2)9(16)18-4-7(14)17-3-8(15)19-5-10(11,12)13/h1,3-5H2,2H3. The molecule has 0 fully saturated rings. The lowest BCUT2D eigenvalue weighted by Gasteiger charge is -2.08. The fraction of sp³-hybridized carbons (Fsp3) is 0.500. The third-order valence-corrected chi connectivity index (χ3v) is 1.42. The van der Waals surface area contributed by atoms with Crippen molar-refractivity contribution in [2.45, 2.75) is 13.1 Å². The molecule has 9 heteroatoms. The number of carbonyl (C=O) groups is 3. The zero-order chi connectivity index (χ0) is 15.1. The van der Waals surface area contributed by atoms with Gasteiger partial charge in [0.05, 0.1) is 0 Å². The predicted octanol–water partition coefficient (Wildman–Crippen LogP) is 0.754. The summed E-state index contributed by atoms with van der Waals surface area (Å²) in [6, 6.07) is 0. The maximum Gasteiger partial charge on any atom is 0.422 e. The number of alkyl halides is 3. The molecule has 0 amide bonds. The Kier molecular flexibility index (Phi) is 6.59. The van der Waals surface area contributed by atoms with Crippen molar-refractivity contribution < 1.29 is 41.8 Å². The highest BCUT2D eigenvalue weighted by Crippen LogP contribution is 2.14. The minimum atomic E-state index is -4.66. The first kappa shape index (κ1) is 16.9. The summed E-state index contributed by atoms with van der Waals surface area (Å²) in [6.45, 7) is 1.05. The van der Waals surface area contributed by atoms with Crippen LogP contribution in [0.25, 0.3) is 0 Å². The Morgan fingerprint density at radius 1 is 1.00 bits per heavy atom. The van der Waals surface area contributed by atoms with E-state index in [4.69, 9.17) is 0 Å². The van der Waals surface area contributed by atoms with Crippen LogP contribution < -0.4 is 0 Å². The van der Waals surface area contributed by atoms with Gasteiger partial charge in [-0.25, -0.2) is 14.4 Å². The number of ether oxygens (including phenoxy) is 3. The van der Waals surface area contributed by atoms with E-state index < -0.39 is 43.9 Å². The first-order valence-electron chi connectivity index (χ1n) is 4.82. The van der Waals surface area contributed by atoms with Gasteiger partial charge in [-0.05, 0) is 6.92 Å². The van der Waals surface area contributed by atoms with Gasteiger partial charge >= 0.3 is 24.1 Å². The Hall–Kier alpha value is -2.06. The number of esters is 3. The topological polar surface area (TPSA) is 78.9 Å². The van der Waals surface area contributed by atoms with Crippen LogP contribution in [-0.2, 0) is 28.6 Å². The van der Waals surface area contributed by atoms with E-state index in [-0.39, 0.29) is 5.57 Å². The molecule has 108 valence electrons. The molecule has 0 atom stereocenters. The average Bonchev–Trinajstić information content (AvgIpc) is 2.29. The van der Waals surface area contributed by atoms with Crippen molar-refractivity contribution in [1.82, 2.24) is 0 Å². The van der Waals surface area contributed by atoms with Crippen LogP contribution in [0.15, 0.2) is 12.2 Å². The van der Waals surface area contributed by atoms with Crippen molar-refractivity contribution in [3.63, 3.8) is 0 Å². The second-order valence-electron chi connectivity index (χ2n) is 3.29. The van der Waals surface area contributed by atoms with Crippen LogP contribution in [0.3, 0.4) is 0 Å². The molecule has 0 bridgehead atoms. The predicted molar refractivity (Wildman–Crippen MR) is 53.7 cm³/mol. The van der Waals surface area contributed by atoms with E-state index in [1.54, 1.807) is 0 Å². The highest BCUT2D eigenvalue weighted by atomic mass is 19.4. The van der Waals surface area contributed by atoms with Gasteiger partial charge in [0.1, 0.15) is 0 Å². The largest absolute Gasteiger partial charge is 0.454 e. The number of hydrogen-bond donors (Lipinski definition) is 0. The Morgan fingerprint density at radius 2 is 1.47 bits per heavy atom. The minimum absolute atomic E-state index is 0.0531. The molecule has 0 aliphatic carbocycles. The van der Waals surface area contributed by atoms with E-state index in [1.807, 2.05) is 0 Å². The summed E-state index contributed by atoms with van der Waals surface area (Å²) in [7, 11) is 0. The van der Waals surface area contributed by atoms with E-state index in [0.29, 0.717) is 0 Å². The van der Waals surface area contributed by atoms with E-state index in [1.165, 1.54) is 6.92 Å². The first-order chi connectivity index (χ1) is 8.61. The summed E-state index contributed by atoms with van der Waals surface area (Å²) in [6.07, 6.45) is -4.66. The van der Waals surface area contributed by atoms with Gasteiger partial charge in [0.2, 0.25) is 0 Å². The number of halogens is 3. The molecule has 0 N–H and O–H groups in total. The van der Waals surface area contributed by atoms with E-state index in [0.717, 1.165) is 0 Å². The molecule has 0 saturated heterocycles. The molecule has 0 aromatic heterocycles. The van der Waals surface area contributed by atoms with Crippen LogP contribution in [0.4, 0.5) is 13.2 Å². The summed E-state index contributed by atoms with van der Waals surface area (Å²) in [5.41, 5.74) is 0.0531. The summed E-state index contributed by atoms with van der Waals surface area (Å²) in [4.78, 5) is 32.5. The second kappa shape index (κ2) is 7.39. The quantitative estimate of drug-likeness (QED) is 0.407. The zero-order valence-electron chi connectivity index (χ0n) is 9.91. The van der Waals surface area contributed by atoms with Gasteiger partial charge in [-0.2, -0.15) is 13.2 Å². The third kappa shape index (κ3) is 9.62. The average molecular weight is 284 g/mol. The Balaban J connectivity index is 3.82. The first-order valence-corrected chi connectivity index (χ1v) is 4.82. The Bertz CT molecular complexity index is 374. The van der Waals surface area contributed by atoms with E-state index in [2.05, 4.69) is 20.8 Å². The van der Waals surface area contributed by atoms with Crippen molar-refractivity contribution in [3.05, 3.63) is 12.2 Å². The van der Waals surface area contributed by atoms with Gasteiger partial charge in [-0.15, -0.1) is 0 Å². The van der Waals surface area contributed by atoms with Crippen LogP contribution in [-0.4, -0.2) is 43.9 Å². The lowest BCUT2D eigenvalue weighted by atomic mass is 10.4. The fourth-order valence-electron chi connectivity index (χ4n) is 0.633. The van der Waals surface area contributed by atoms with Gasteiger partial charge < -0.3 is 14.2 Å². The molecule has 0 aromatic carbocycles. The lowest BCUT2D eigenvalue weighted by molar-refractivity contribution is -0.190. The molecule has 0 radical (unpaired) electrons. The zero-order valence-corrected chi connectivity index (χ0v) is 9.91. The number of hydrogen-bond acceptors (Lipinski definition) is 6. The highest BCUT2D eigenvalue weighted by Gasteiger charge is 2.29. The number of carbonyl (C=O) groups excluding carboxylic acids is 3. The van der Waals surface area contributed by atoms with E-state index in [9.17, 15) is 27.6 Å². The third-order valence-electron chi connectivity index (χ3n) is 1.42. The molecule has 0 rings (SSSR count). The van der Waals surface area contributed by atoms with Crippen LogP contribution in [0.2, 0.25) is 0 Å².